The average molecular weight is 351 g/mol. The fourth-order valence-corrected chi connectivity index (χ4v) is 2.62. The van der Waals surface area contributed by atoms with Gasteiger partial charge in [0.15, 0.2) is 0 Å². The quantitative estimate of drug-likeness (QED) is 0.746. The molecule has 0 saturated carbocycles. The van der Waals surface area contributed by atoms with Gasteiger partial charge >= 0.3 is 6.18 Å². The molecule has 0 aromatic carbocycles. The summed E-state index contributed by atoms with van der Waals surface area (Å²) in [4.78, 5) is 39.2. The molecule has 138 valence electrons. The van der Waals surface area contributed by atoms with E-state index in [4.69, 9.17) is 0 Å². The lowest BCUT2D eigenvalue weighted by molar-refractivity contribution is -0.167. The maximum absolute atomic E-state index is 12.8. The van der Waals surface area contributed by atoms with Crippen LogP contribution in [0.5, 0.6) is 0 Å². The topological polar surface area (TPSA) is 60.9 Å². The molecule has 0 bridgehead atoms. The highest BCUT2D eigenvalue weighted by atomic mass is 19.4. The van der Waals surface area contributed by atoms with Crippen molar-refractivity contribution in [3.05, 3.63) is 0 Å². The number of alkyl halides is 3. The van der Waals surface area contributed by atoms with Gasteiger partial charge in [0.05, 0.1) is 5.92 Å². The molecule has 24 heavy (non-hydrogen) atoms. The van der Waals surface area contributed by atoms with Crippen LogP contribution in [0.4, 0.5) is 13.2 Å². The average Bonchev–Trinajstić information content (AvgIpc) is 2.51. The van der Waals surface area contributed by atoms with Crippen LogP contribution in [-0.4, -0.2) is 78.9 Å². The third kappa shape index (κ3) is 6.01. The summed E-state index contributed by atoms with van der Waals surface area (Å²) in [5.74, 6) is -2.13. The molecule has 0 N–H and O–H groups in total. The summed E-state index contributed by atoms with van der Waals surface area (Å²) >= 11 is 0. The third-order valence-electron chi connectivity index (χ3n) is 3.93. The van der Waals surface area contributed by atoms with E-state index in [2.05, 4.69) is 0 Å². The Labute approximate surface area is 139 Å². The van der Waals surface area contributed by atoms with Crippen molar-refractivity contribution < 1.29 is 27.6 Å². The summed E-state index contributed by atoms with van der Waals surface area (Å²) in [5.41, 5.74) is 0. The Morgan fingerprint density at radius 3 is 2.33 bits per heavy atom. The molecule has 1 atom stereocenters. The Morgan fingerprint density at radius 1 is 1.21 bits per heavy atom. The molecule has 9 heteroatoms. The predicted octanol–water partition coefficient (Wildman–Crippen LogP) is 1.11. The summed E-state index contributed by atoms with van der Waals surface area (Å²) in [7, 11) is 2.83. The monoisotopic (exact) mass is 351 g/mol. The number of likely N-dealkylation sites (N-methyl/N-ethyl adjacent to an activating group) is 1. The molecule has 1 fully saturated rings. The molecule has 0 radical (unpaired) electrons. The van der Waals surface area contributed by atoms with E-state index in [-0.39, 0.29) is 18.9 Å². The van der Waals surface area contributed by atoms with E-state index < -0.39 is 37.0 Å². The third-order valence-corrected chi connectivity index (χ3v) is 3.93. The summed E-state index contributed by atoms with van der Waals surface area (Å²) in [6.45, 7) is 0.217. The molecule has 3 amide bonds. The Bertz CT molecular complexity index is 480. The van der Waals surface area contributed by atoms with E-state index in [0.717, 1.165) is 4.90 Å². The van der Waals surface area contributed by atoms with Crippen molar-refractivity contribution in [1.82, 2.24) is 14.7 Å². The number of hydrogen-bond acceptors (Lipinski definition) is 3. The molecule has 1 unspecified atom stereocenters. The first-order valence-electron chi connectivity index (χ1n) is 7.88. The fraction of sp³-hybridized carbons (Fsp3) is 0.800. The number of halogens is 3. The summed E-state index contributed by atoms with van der Waals surface area (Å²) < 4.78 is 38.3. The number of piperidine rings is 1. The van der Waals surface area contributed by atoms with E-state index in [1.165, 1.54) is 19.0 Å². The zero-order chi connectivity index (χ0) is 18.5. The van der Waals surface area contributed by atoms with Crippen LogP contribution in [0.25, 0.3) is 0 Å². The lowest BCUT2D eigenvalue weighted by Gasteiger charge is -2.35. The first-order valence-corrected chi connectivity index (χ1v) is 7.88. The van der Waals surface area contributed by atoms with Crippen LogP contribution in [0.15, 0.2) is 0 Å². The summed E-state index contributed by atoms with van der Waals surface area (Å²) in [5, 5.41) is 0. The molecule has 1 rings (SSSR count). The van der Waals surface area contributed by atoms with E-state index >= 15 is 0 Å². The molecule has 1 heterocycles. The summed E-state index contributed by atoms with van der Waals surface area (Å²) in [6.07, 6.45) is -3.33. The van der Waals surface area contributed by atoms with Crippen molar-refractivity contribution >= 4 is 17.7 Å². The predicted molar refractivity (Wildman–Crippen MR) is 80.9 cm³/mol. The first-order chi connectivity index (χ1) is 11.0. The maximum Gasteiger partial charge on any atom is 0.406 e. The van der Waals surface area contributed by atoms with Gasteiger partial charge in [-0.1, -0.05) is 6.92 Å². The maximum atomic E-state index is 12.8. The molecular weight excluding hydrogens is 327 g/mol. The van der Waals surface area contributed by atoms with Crippen molar-refractivity contribution in [3.63, 3.8) is 0 Å². The van der Waals surface area contributed by atoms with Gasteiger partial charge in [0.1, 0.15) is 13.1 Å². The molecule has 1 saturated heterocycles. The van der Waals surface area contributed by atoms with E-state index in [1.807, 2.05) is 0 Å². The van der Waals surface area contributed by atoms with Gasteiger partial charge in [-0.3, -0.25) is 14.4 Å². The van der Waals surface area contributed by atoms with Crippen molar-refractivity contribution in [2.24, 2.45) is 5.92 Å². The van der Waals surface area contributed by atoms with Gasteiger partial charge in [-0.05, 0) is 12.8 Å². The zero-order valence-electron chi connectivity index (χ0n) is 14.2. The number of likely N-dealkylation sites (tertiary alicyclic amines) is 1. The number of rotatable bonds is 5. The number of nitrogens with zero attached hydrogens (tertiary/aromatic N) is 3. The van der Waals surface area contributed by atoms with Crippen molar-refractivity contribution in [1.29, 1.82) is 0 Å². The van der Waals surface area contributed by atoms with Crippen LogP contribution < -0.4 is 0 Å². The Kier molecular flexibility index (Phi) is 7.04. The first kappa shape index (κ1) is 20.2. The molecule has 0 aliphatic carbocycles. The number of hydrogen-bond donors (Lipinski definition) is 0. The van der Waals surface area contributed by atoms with Crippen LogP contribution in [-0.2, 0) is 14.4 Å². The minimum absolute atomic E-state index is 0.107. The van der Waals surface area contributed by atoms with Gasteiger partial charge in [0, 0.05) is 33.6 Å². The van der Waals surface area contributed by atoms with Gasteiger partial charge < -0.3 is 14.7 Å². The number of amides is 3. The lowest BCUT2D eigenvalue weighted by Crippen LogP contribution is -2.51. The second-order valence-electron chi connectivity index (χ2n) is 6.13. The highest BCUT2D eigenvalue weighted by Gasteiger charge is 2.38. The second kappa shape index (κ2) is 8.34. The number of carbonyl (C=O) groups excluding carboxylic acids is 3. The largest absolute Gasteiger partial charge is 0.406 e. The van der Waals surface area contributed by atoms with Crippen molar-refractivity contribution in [2.75, 3.05) is 40.3 Å². The second-order valence-corrected chi connectivity index (χ2v) is 6.13. The Balaban J connectivity index is 2.85. The molecule has 1 aliphatic rings. The van der Waals surface area contributed by atoms with Gasteiger partial charge in [-0.15, -0.1) is 0 Å². The molecule has 6 nitrogen and oxygen atoms in total. The van der Waals surface area contributed by atoms with Crippen molar-refractivity contribution in [2.45, 2.75) is 32.4 Å². The van der Waals surface area contributed by atoms with E-state index in [1.54, 1.807) is 6.92 Å². The smallest absolute Gasteiger partial charge is 0.347 e. The van der Waals surface area contributed by atoms with Crippen LogP contribution in [0.3, 0.4) is 0 Å². The molecule has 0 aromatic rings. The molecule has 1 aliphatic heterocycles. The minimum atomic E-state index is -4.59. The standard InChI is InChI=1S/C15H24F3N3O3/c1-4-12(22)20-7-5-6-11(8-20)14(24)21(10-15(16,17)18)9-13(23)19(2)3/h11H,4-10H2,1-3H3. The number of carbonyl (C=O) groups is 3. The Morgan fingerprint density at radius 2 is 1.83 bits per heavy atom. The van der Waals surface area contributed by atoms with Crippen molar-refractivity contribution in [3.8, 4) is 0 Å². The highest BCUT2D eigenvalue weighted by molar-refractivity contribution is 5.86. The van der Waals surface area contributed by atoms with Crippen LogP contribution in [0.1, 0.15) is 26.2 Å². The minimum Gasteiger partial charge on any atom is -0.347 e. The zero-order valence-corrected chi connectivity index (χ0v) is 14.2. The molecule has 0 aromatic heterocycles. The summed E-state index contributed by atoms with van der Waals surface area (Å²) in [6, 6.07) is 0. The van der Waals surface area contributed by atoms with Gasteiger partial charge in [-0.25, -0.2) is 0 Å². The van der Waals surface area contributed by atoms with E-state index in [9.17, 15) is 27.6 Å². The SMILES string of the molecule is CCC(=O)N1CCCC(C(=O)N(CC(=O)N(C)C)CC(F)(F)F)C1. The Hall–Kier alpha value is -1.80. The highest BCUT2D eigenvalue weighted by Crippen LogP contribution is 2.23. The normalized spacial score (nSPS) is 18.2. The molecular formula is C15H24F3N3O3. The van der Waals surface area contributed by atoms with Crippen LogP contribution in [0, 0.1) is 5.92 Å². The van der Waals surface area contributed by atoms with Crippen LogP contribution >= 0.6 is 0 Å². The lowest BCUT2D eigenvalue weighted by atomic mass is 9.96. The molecule has 0 spiro atoms. The van der Waals surface area contributed by atoms with Gasteiger partial charge in [0.2, 0.25) is 17.7 Å². The fourth-order valence-electron chi connectivity index (χ4n) is 2.62. The van der Waals surface area contributed by atoms with Gasteiger partial charge in [-0.2, -0.15) is 13.2 Å². The van der Waals surface area contributed by atoms with Crippen LogP contribution in [0.2, 0.25) is 0 Å². The van der Waals surface area contributed by atoms with Gasteiger partial charge in [0.25, 0.3) is 0 Å². The van der Waals surface area contributed by atoms with E-state index in [0.29, 0.717) is 24.3 Å².